The number of pyridine rings is 1. The quantitative estimate of drug-likeness (QED) is 0.810. The summed E-state index contributed by atoms with van der Waals surface area (Å²) >= 11 is 0. The fourth-order valence-electron chi connectivity index (χ4n) is 0.971. The van der Waals surface area contributed by atoms with Crippen molar-refractivity contribution in [2.24, 2.45) is 0 Å². The molecule has 1 aromatic rings. The summed E-state index contributed by atoms with van der Waals surface area (Å²) in [5, 5.41) is 17.0. The van der Waals surface area contributed by atoms with E-state index in [-0.39, 0.29) is 0 Å². The predicted octanol–water partition coefficient (Wildman–Crippen LogP) is 1.50. The van der Waals surface area contributed by atoms with Crippen molar-refractivity contribution in [3.05, 3.63) is 29.1 Å². The topological polar surface area (TPSA) is 87.5 Å². The molecule has 5 nitrogen and oxygen atoms in total. The Hall–Kier alpha value is -2.12. The Balaban J connectivity index is 3.43. The maximum Gasteiger partial charge on any atom is 0.434 e. The molecule has 0 atom stereocenters. The minimum absolute atomic E-state index is 0.417. The summed E-state index contributed by atoms with van der Waals surface area (Å²) in [6.07, 6.45) is -4.48. The monoisotopic (exact) mass is 235 g/mol. The Morgan fingerprint density at radius 1 is 1.19 bits per heavy atom. The fraction of sp³-hybridized carbons (Fsp3) is 0.125. The lowest BCUT2D eigenvalue weighted by atomic mass is 10.1. The van der Waals surface area contributed by atoms with Gasteiger partial charge in [0.15, 0.2) is 5.69 Å². The Labute approximate surface area is 86.2 Å². The molecular formula is C8H4F3NO4. The van der Waals surface area contributed by atoms with Gasteiger partial charge < -0.3 is 10.2 Å². The summed E-state index contributed by atoms with van der Waals surface area (Å²) in [6, 6.07) is 0.417. The summed E-state index contributed by atoms with van der Waals surface area (Å²) in [5.41, 5.74) is -3.43. The standard InChI is InChI=1S/C8H4F3NO4/c9-8(10,11)5-4(7(15)16)1-3(2-12-5)6(13)14/h1-2H,(H,13,14)(H,15,16). The number of aromatic nitrogens is 1. The van der Waals surface area contributed by atoms with Crippen LogP contribution < -0.4 is 0 Å². The van der Waals surface area contributed by atoms with Crippen LogP contribution in [0.3, 0.4) is 0 Å². The third-order valence-electron chi connectivity index (χ3n) is 1.63. The largest absolute Gasteiger partial charge is 0.478 e. The fourth-order valence-corrected chi connectivity index (χ4v) is 0.971. The van der Waals surface area contributed by atoms with Crippen molar-refractivity contribution in [3.8, 4) is 0 Å². The SMILES string of the molecule is O=C(O)c1cnc(C(F)(F)F)c(C(=O)O)c1. The van der Waals surface area contributed by atoms with Gasteiger partial charge in [0.2, 0.25) is 0 Å². The van der Waals surface area contributed by atoms with Crippen molar-refractivity contribution in [2.75, 3.05) is 0 Å². The molecule has 16 heavy (non-hydrogen) atoms. The molecule has 0 bridgehead atoms. The summed E-state index contributed by atoms with van der Waals surface area (Å²) in [5.74, 6) is -3.44. The van der Waals surface area contributed by atoms with E-state index in [1.807, 2.05) is 0 Å². The molecule has 0 spiro atoms. The van der Waals surface area contributed by atoms with E-state index in [0.717, 1.165) is 0 Å². The second-order valence-electron chi connectivity index (χ2n) is 2.73. The molecule has 1 heterocycles. The molecule has 0 aliphatic rings. The number of carbonyl (C=O) groups is 2. The Morgan fingerprint density at radius 3 is 2.12 bits per heavy atom. The summed E-state index contributed by atoms with van der Waals surface area (Å²) in [7, 11) is 0. The molecule has 0 amide bonds. The highest BCUT2D eigenvalue weighted by Crippen LogP contribution is 2.30. The van der Waals surface area contributed by atoms with Crippen LogP contribution in [-0.2, 0) is 6.18 Å². The van der Waals surface area contributed by atoms with Gasteiger partial charge in [0.1, 0.15) is 0 Å². The highest BCUT2D eigenvalue weighted by Gasteiger charge is 2.37. The van der Waals surface area contributed by atoms with Crippen LogP contribution in [0.2, 0.25) is 0 Å². The number of hydrogen-bond donors (Lipinski definition) is 2. The van der Waals surface area contributed by atoms with Gasteiger partial charge in [-0.3, -0.25) is 4.98 Å². The molecule has 1 rings (SSSR count). The number of hydrogen-bond acceptors (Lipinski definition) is 3. The molecular weight excluding hydrogens is 231 g/mol. The number of rotatable bonds is 2. The molecule has 0 radical (unpaired) electrons. The summed E-state index contributed by atoms with van der Waals surface area (Å²) in [4.78, 5) is 23.7. The number of aromatic carboxylic acids is 2. The van der Waals surface area contributed by atoms with E-state index < -0.39 is 34.9 Å². The van der Waals surface area contributed by atoms with Crippen LogP contribution in [0.4, 0.5) is 13.2 Å². The van der Waals surface area contributed by atoms with Crippen molar-refractivity contribution < 1.29 is 33.0 Å². The maximum atomic E-state index is 12.3. The molecule has 0 saturated heterocycles. The van der Waals surface area contributed by atoms with Crippen LogP contribution in [0, 0.1) is 0 Å². The lowest BCUT2D eigenvalue weighted by Gasteiger charge is -2.08. The van der Waals surface area contributed by atoms with Gasteiger partial charge in [-0.05, 0) is 6.07 Å². The van der Waals surface area contributed by atoms with Crippen LogP contribution >= 0.6 is 0 Å². The first-order valence-electron chi connectivity index (χ1n) is 3.77. The van der Waals surface area contributed by atoms with Gasteiger partial charge in [-0.15, -0.1) is 0 Å². The second-order valence-corrected chi connectivity index (χ2v) is 2.73. The first-order valence-corrected chi connectivity index (χ1v) is 3.77. The minimum Gasteiger partial charge on any atom is -0.478 e. The van der Waals surface area contributed by atoms with Crippen LogP contribution in [-0.4, -0.2) is 27.1 Å². The zero-order chi connectivity index (χ0) is 12.5. The van der Waals surface area contributed by atoms with E-state index in [1.54, 1.807) is 0 Å². The molecule has 0 aromatic carbocycles. The smallest absolute Gasteiger partial charge is 0.434 e. The average molecular weight is 235 g/mol. The lowest BCUT2D eigenvalue weighted by Crippen LogP contribution is -2.16. The predicted molar refractivity (Wildman–Crippen MR) is 43.2 cm³/mol. The highest BCUT2D eigenvalue weighted by atomic mass is 19.4. The van der Waals surface area contributed by atoms with E-state index in [1.165, 1.54) is 0 Å². The van der Waals surface area contributed by atoms with E-state index in [2.05, 4.69) is 4.98 Å². The molecule has 0 saturated carbocycles. The number of carboxylic acids is 2. The third kappa shape index (κ3) is 2.27. The van der Waals surface area contributed by atoms with E-state index in [9.17, 15) is 22.8 Å². The number of alkyl halides is 3. The van der Waals surface area contributed by atoms with Gasteiger partial charge in [0.25, 0.3) is 0 Å². The minimum atomic E-state index is -4.94. The first-order chi connectivity index (χ1) is 7.23. The Bertz CT molecular complexity index is 455. The molecule has 1 aromatic heterocycles. The molecule has 2 N–H and O–H groups in total. The van der Waals surface area contributed by atoms with Crippen molar-refractivity contribution in [3.63, 3.8) is 0 Å². The van der Waals surface area contributed by atoms with Crippen LogP contribution in [0.15, 0.2) is 12.3 Å². The van der Waals surface area contributed by atoms with E-state index in [4.69, 9.17) is 10.2 Å². The van der Waals surface area contributed by atoms with E-state index in [0.29, 0.717) is 12.3 Å². The maximum absolute atomic E-state index is 12.3. The third-order valence-corrected chi connectivity index (χ3v) is 1.63. The number of halogens is 3. The lowest BCUT2D eigenvalue weighted by molar-refractivity contribution is -0.141. The van der Waals surface area contributed by atoms with Gasteiger partial charge in [-0.25, -0.2) is 9.59 Å². The Kier molecular flexibility index (Phi) is 2.84. The van der Waals surface area contributed by atoms with E-state index >= 15 is 0 Å². The molecule has 86 valence electrons. The van der Waals surface area contributed by atoms with Crippen LogP contribution in [0.5, 0.6) is 0 Å². The molecule has 0 unspecified atom stereocenters. The van der Waals surface area contributed by atoms with Gasteiger partial charge in [0, 0.05) is 6.20 Å². The average Bonchev–Trinajstić information content (AvgIpc) is 2.15. The van der Waals surface area contributed by atoms with Crippen LogP contribution in [0.25, 0.3) is 0 Å². The normalized spacial score (nSPS) is 11.2. The van der Waals surface area contributed by atoms with Gasteiger partial charge in [-0.2, -0.15) is 13.2 Å². The molecule has 8 heteroatoms. The zero-order valence-corrected chi connectivity index (χ0v) is 7.45. The van der Waals surface area contributed by atoms with Crippen molar-refractivity contribution in [1.29, 1.82) is 0 Å². The highest BCUT2D eigenvalue weighted by molar-refractivity contribution is 5.94. The van der Waals surface area contributed by atoms with Gasteiger partial charge in [0.05, 0.1) is 11.1 Å². The van der Waals surface area contributed by atoms with Crippen molar-refractivity contribution in [1.82, 2.24) is 4.98 Å². The molecule has 0 fully saturated rings. The van der Waals surface area contributed by atoms with Crippen molar-refractivity contribution >= 4 is 11.9 Å². The number of nitrogens with zero attached hydrogens (tertiary/aromatic N) is 1. The second kappa shape index (κ2) is 3.80. The molecule has 0 aliphatic carbocycles. The number of carboxylic acid groups (broad SMARTS) is 2. The van der Waals surface area contributed by atoms with Crippen LogP contribution in [0.1, 0.15) is 26.4 Å². The summed E-state index contributed by atoms with van der Waals surface area (Å²) < 4.78 is 36.8. The van der Waals surface area contributed by atoms with Gasteiger partial charge >= 0.3 is 18.1 Å². The Morgan fingerprint density at radius 2 is 1.75 bits per heavy atom. The molecule has 0 aliphatic heterocycles. The zero-order valence-electron chi connectivity index (χ0n) is 7.45. The first kappa shape index (κ1) is 12.0. The van der Waals surface area contributed by atoms with Crippen molar-refractivity contribution in [2.45, 2.75) is 6.18 Å². The van der Waals surface area contributed by atoms with Gasteiger partial charge in [-0.1, -0.05) is 0 Å². The summed E-state index contributed by atoms with van der Waals surface area (Å²) in [6.45, 7) is 0.